The van der Waals surface area contributed by atoms with E-state index in [9.17, 15) is 4.79 Å². The van der Waals surface area contributed by atoms with Crippen LogP contribution in [0.5, 0.6) is 5.75 Å². The van der Waals surface area contributed by atoms with Gasteiger partial charge in [-0.25, -0.2) is 0 Å². The zero-order valence-electron chi connectivity index (χ0n) is 11.9. The van der Waals surface area contributed by atoms with Gasteiger partial charge in [0.2, 0.25) is 0 Å². The molecule has 0 atom stereocenters. The highest BCUT2D eigenvalue weighted by atomic mass is 32.9. The summed E-state index contributed by atoms with van der Waals surface area (Å²) in [6, 6.07) is 9.55. The first-order chi connectivity index (χ1) is 10.6. The molecule has 22 heavy (non-hydrogen) atoms. The molecule has 2 rings (SSSR count). The lowest BCUT2D eigenvalue weighted by Crippen LogP contribution is -2.07. The zero-order valence-corrected chi connectivity index (χ0v) is 15.2. The van der Waals surface area contributed by atoms with Crippen molar-refractivity contribution in [3.8, 4) is 16.2 Å². The average molecular weight is 374 g/mol. The first-order valence-corrected chi connectivity index (χ1v) is 9.44. The molecule has 0 aliphatic heterocycles. The second-order valence-corrected chi connectivity index (χ2v) is 7.25. The van der Waals surface area contributed by atoms with Crippen molar-refractivity contribution in [2.24, 2.45) is 4.58 Å². The van der Waals surface area contributed by atoms with Gasteiger partial charge in [0.25, 0.3) is 0 Å². The number of rotatable bonds is 5. The topological polar surface area (TPSA) is 55.7 Å². The number of esters is 1. The first kappa shape index (κ1) is 19.0. The second kappa shape index (κ2) is 10.6. The van der Waals surface area contributed by atoms with Crippen LogP contribution in [0.25, 0.3) is 10.4 Å². The largest absolute Gasteiger partial charge is 0.427 e. The molecule has 0 N–H and O–H groups in total. The molecule has 0 radical (unpaired) electrons. The zero-order chi connectivity index (χ0) is 16.4. The average Bonchev–Trinajstić information content (AvgIpc) is 2.93. The maximum Gasteiger partial charge on any atom is 0.311 e. The van der Waals surface area contributed by atoms with Crippen molar-refractivity contribution in [3.05, 3.63) is 39.1 Å². The summed E-state index contributed by atoms with van der Waals surface area (Å²) in [7, 11) is 3.26. The summed E-state index contributed by atoms with van der Waals surface area (Å²) in [5.74, 6) is 0.435. The summed E-state index contributed by atoms with van der Waals surface area (Å²) in [5.41, 5.74) is 1.10. The molecule has 4 nitrogen and oxygen atoms in total. The number of nitroso groups, excluding NO2 is 1. The van der Waals surface area contributed by atoms with E-state index >= 15 is 0 Å². The Hall–Kier alpha value is -1.09. The lowest BCUT2D eigenvalue weighted by molar-refractivity contribution is -0.134. The minimum Gasteiger partial charge on any atom is -0.427 e. The van der Waals surface area contributed by atoms with Crippen LogP contribution in [0.15, 0.2) is 34.9 Å². The smallest absolute Gasteiger partial charge is 0.311 e. The maximum atomic E-state index is 11.5. The number of carbonyl (C=O) groups is 1. The van der Waals surface area contributed by atoms with Gasteiger partial charge in [0.05, 0.1) is 0 Å². The minimum atomic E-state index is -0.166. The van der Waals surface area contributed by atoms with Gasteiger partial charge in [-0.2, -0.15) is 0 Å². The van der Waals surface area contributed by atoms with Gasteiger partial charge in [0.15, 0.2) is 0 Å². The van der Waals surface area contributed by atoms with Gasteiger partial charge >= 0.3 is 5.97 Å². The Morgan fingerprint density at radius 1 is 1.32 bits per heavy atom. The summed E-state index contributed by atoms with van der Waals surface area (Å²) < 4.78 is 8.10. The monoisotopic (exact) mass is 373 g/mol. The van der Waals surface area contributed by atoms with Crippen LogP contribution in [-0.2, 0) is 4.79 Å². The Kier molecular flexibility index (Phi) is 9.14. The molecule has 0 spiro atoms. The van der Waals surface area contributed by atoms with Crippen molar-refractivity contribution in [1.29, 1.82) is 0 Å². The van der Waals surface area contributed by atoms with Crippen LogP contribution in [0.4, 0.5) is 0 Å². The highest BCUT2D eigenvalue weighted by Crippen LogP contribution is 2.30. The van der Waals surface area contributed by atoms with E-state index in [-0.39, 0.29) is 5.97 Å². The summed E-state index contributed by atoms with van der Waals surface area (Å²) >= 11 is 7.97. The number of hydrogen-bond acceptors (Lipinski definition) is 7. The molecule has 0 unspecified atom stereocenters. The number of nitrogens with zero attached hydrogens (tertiary/aromatic N) is 1. The van der Waals surface area contributed by atoms with Gasteiger partial charge in [0, 0.05) is 28.7 Å². The Balaban J connectivity index is 0.000000745. The molecule has 118 valence electrons. The summed E-state index contributed by atoms with van der Waals surface area (Å²) in [4.78, 5) is 21.1. The predicted molar refractivity (Wildman–Crippen MR) is 98.4 cm³/mol. The summed E-state index contributed by atoms with van der Waals surface area (Å²) in [6.45, 7) is 2.05. The van der Waals surface area contributed by atoms with E-state index in [1.807, 2.05) is 34.9 Å². The van der Waals surface area contributed by atoms with Crippen molar-refractivity contribution >= 4 is 51.7 Å². The Morgan fingerprint density at radius 2 is 1.95 bits per heavy atom. The van der Waals surface area contributed by atoms with E-state index < -0.39 is 0 Å². The third kappa shape index (κ3) is 6.78. The summed E-state index contributed by atoms with van der Waals surface area (Å²) in [6.07, 6.45) is 2.34. The number of unbranched alkanes of at least 4 members (excludes halogenated alkanes) is 1. The van der Waals surface area contributed by atoms with Crippen LogP contribution in [-0.4, -0.2) is 5.97 Å². The molecule has 1 heterocycles. The summed E-state index contributed by atoms with van der Waals surface area (Å²) in [5, 5.41) is 0. The van der Waals surface area contributed by atoms with Crippen molar-refractivity contribution in [3.63, 3.8) is 0 Å². The molecule has 0 saturated carbocycles. The number of carbonyl (C=O) groups excluding carboxylic acids is 1. The molecule has 1 aromatic heterocycles. The van der Waals surface area contributed by atoms with Crippen molar-refractivity contribution in [2.75, 3.05) is 0 Å². The molecular formula is C14H15NO3S4. The van der Waals surface area contributed by atoms with E-state index in [0.717, 1.165) is 27.1 Å². The first-order valence-electron chi connectivity index (χ1n) is 6.48. The van der Waals surface area contributed by atoms with E-state index in [0.29, 0.717) is 12.2 Å². The van der Waals surface area contributed by atoms with E-state index in [4.69, 9.17) is 21.9 Å². The third-order valence-electron chi connectivity index (χ3n) is 2.57. The highest BCUT2D eigenvalue weighted by Gasteiger charge is 2.05. The fraction of sp³-hybridized carbons (Fsp3) is 0.286. The SMILES string of the molecule is CCCCC(=O)Oc1ccc(-c2cc(=S)ss2)cc1.O=NS. The lowest BCUT2D eigenvalue weighted by atomic mass is 10.2. The van der Waals surface area contributed by atoms with E-state index in [1.165, 1.54) is 0 Å². The normalized spacial score (nSPS) is 9.55. The van der Waals surface area contributed by atoms with E-state index in [2.05, 4.69) is 19.7 Å². The molecule has 8 heteroatoms. The molecule has 0 amide bonds. The van der Waals surface area contributed by atoms with Crippen LogP contribution in [0, 0.1) is 8.73 Å². The van der Waals surface area contributed by atoms with Gasteiger partial charge in [-0.1, -0.05) is 46.2 Å². The fourth-order valence-electron chi connectivity index (χ4n) is 1.56. The van der Waals surface area contributed by atoms with Crippen molar-refractivity contribution in [1.82, 2.24) is 0 Å². The Bertz CT molecular complexity index is 649. The van der Waals surface area contributed by atoms with Gasteiger partial charge in [-0.05, 0) is 42.3 Å². The Morgan fingerprint density at radius 3 is 2.45 bits per heavy atom. The molecular weight excluding hydrogens is 358 g/mol. The van der Waals surface area contributed by atoms with Gasteiger partial charge in [-0.15, -0.1) is 4.91 Å². The van der Waals surface area contributed by atoms with Crippen molar-refractivity contribution in [2.45, 2.75) is 26.2 Å². The van der Waals surface area contributed by atoms with Gasteiger partial charge in [-0.3, -0.25) is 4.79 Å². The molecule has 2 aromatic rings. The van der Waals surface area contributed by atoms with Crippen molar-refractivity contribution < 1.29 is 9.53 Å². The van der Waals surface area contributed by atoms with E-state index in [1.54, 1.807) is 20.7 Å². The van der Waals surface area contributed by atoms with Crippen LogP contribution in [0.1, 0.15) is 26.2 Å². The molecule has 0 bridgehead atoms. The van der Waals surface area contributed by atoms with Crippen LogP contribution < -0.4 is 4.74 Å². The lowest BCUT2D eigenvalue weighted by Gasteiger charge is -2.04. The minimum absolute atomic E-state index is 0.166. The third-order valence-corrected chi connectivity index (χ3v) is 5.48. The highest BCUT2D eigenvalue weighted by molar-refractivity contribution is 7.80. The number of hydrogen-bond donors (Lipinski definition) is 1. The molecule has 0 fully saturated rings. The van der Waals surface area contributed by atoms with Gasteiger partial charge < -0.3 is 4.74 Å². The Labute approximate surface area is 147 Å². The molecule has 0 aliphatic carbocycles. The van der Waals surface area contributed by atoms with Gasteiger partial charge in [0.1, 0.15) is 9.57 Å². The van der Waals surface area contributed by atoms with Crippen LogP contribution in [0.2, 0.25) is 0 Å². The molecule has 0 saturated heterocycles. The number of thiol groups is 1. The second-order valence-electron chi connectivity index (χ2n) is 4.18. The number of benzene rings is 1. The number of ether oxygens (including phenoxy) is 1. The van der Waals surface area contributed by atoms with Crippen LogP contribution >= 0.6 is 45.7 Å². The predicted octanol–water partition coefficient (Wildman–Crippen LogP) is 5.90. The molecule has 0 aliphatic rings. The fourth-order valence-corrected chi connectivity index (χ4v) is 3.97. The molecule has 1 aromatic carbocycles. The quantitative estimate of drug-likeness (QED) is 0.177. The standard InChI is InChI=1S/C14H14O2S3.HNOS/c1-2-3-4-13(15)16-11-7-5-10(6-8-11)12-9-14(17)19-18-12;2-1-3/h5-9H,2-4H2,1H3;(H,2,3). The van der Waals surface area contributed by atoms with Crippen LogP contribution in [0.3, 0.4) is 0 Å². The maximum absolute atomic E-state index is 11.5.